The van der Waals surface area contributed by atoms with Gasteiger partial charge in [0.1, 0.15) is 0 Å². The molecule has 1 N–H and O–H groups in total. The maximum Gasteiger partial charge on any atom is 0.308 e. The Morgan fingerprint density at radius 2 is 1.54 bits per heavy atom. The molecule has 28 heavy (non-hydrogen) atoms. The van der Waals surface area contributed by atoms with Crippen LogP contribution in [-0.4, -0.2) is 25.2 Å². The number of allylic oxidation sites excluding steroid dienone is 2. The van der Waals surface area contributed by atoms with E-state index in [0.717, 1.165) is 37.1 Å². The van der Waals surface area contributed by atoms with E-state index in [1.54, 1.807) is 11.8 Å². The van der Waals surface area contributed by atoms with Gasteiger partial charge in [-0.05, 0) is 51.7 Å². The van der Waals surface area contributed by atoms with Crippen LogP contribution in [0.15, 0.2) is 39.8 Å². The van der Waals surface area contributed by atoms with E-state index >= 15 is 0 Å². The van der Waals surface area contributed by atoms with E-state index < -0.39 is 0 Å². The molecule has 0 aromatic heterocycles. The average molecular weight is 406 g/mol. The lowest BCUT2D eigenvalue weighted by atomic mass is 10.0. The number of carbonyl (C=O) groups is 2. The van der Waals surface area contributed by atoms with E-state index in [1.165, 1.54) is 9.80 Å². The quantitative estimate of drug-likeness (QED) is 0.528. The van der Waals surface area contributed by atoms with E-state index in [4.69, 9.17) is 9.47 Å². The topological polar surface area (TPSA) is 64.6 Å². The Morgan fingerprint density at radius 1 is 0.964 bits per heavy atom. The number of para-hydroxylation sites is 1. The van der Waals surface area contributed by atoms with Crippen molar-refractivity contribution in [3.05, 3.63) is 34.9 Å². The number of thioether (sulfide) groups is 1. The molecule has 1 aliphatic rings. The normalized spacial score (nSPS) is 15.3. The van der Waals surface area contributed by atoms with Crippen LogP contribution in [0.4, 0.5) is 5.69 Å². The summed E-state index contributed by atoms with van der Waals surface area (Å²) in [5.41, 5.74) is 2.23. The number of ether oxygens (including phenoxy) is 2. The molecule has 6 heteroatoms. The maximum absolute atomic E-state index is 11.9. The summed E-state index contributed by atoms with van der Waals surface area (Å²) in [6.07, 6.45) is 3.03. The van der Waals surface area contributed by atoms with Crippen molar-refractivity contribution in [2.24, 2.45) is 11.8 Å². The first-order valence-electron chi connectivity index (χ1n) is 10.0. The molecule has 1 heterocycles. The minimum absolute atomic E-state index is 0.134. The van der Waals surface area contributed by atoms with Gasteiger partial charge in [0.15, 0.2) is 0 Å². The van der Waals surface area contributed by atoms with Crippen LogP contribution in [-0.2, 0) is 19.1 Å². The van der Waals surface area contributed by atoms with Crippen LogP contribution < -0.4 is 5.32 Å². The van der Waals surface area contributed by atoms with Crippen molar-refractivity contribution in [1.29, 1.82) is 0 Å². The molecule has 2 rings (SSSR count). The van der Waals surface area contributed by atoms with Crippen molar-refractivity contribution < 1.29 is 19.1 Å². The number of nitrogens with one attached hydrogen (secondary N) is 1. The van der Waals surface area contributed by atoms with Gasteiger partial charge in [-0.3, -0.25) is 9.59 Å². The fraction of sp³-hybridized carbons (Fsp3) is 0.545. The van der Waals surface area contributed by atoms with Gasteiger partial charge in [0, 0.05) is 15.5 Å². The highest BCUT2D eigenvalue weighted by atomic mass is 32.2. The maximum atomic E-state index is 11.9. The minimum atomic E-state index is -0.149. The van der Waals surface area contributed by atoms with Gasteiger partial charge in [0.05, 0.1) is 30.7 Å². The zero-order chi connectivity index (χ0) is 20.5. The van der Waals surface area contributed by atoms with Crippen molar-refractivity contribution in [2.45, 2.75) is 58.3 Å². The van der Waals surface area contributed by atoms with E-state index in [2.05, 4.69) is 17.4 Å². The van der Waals surface area contributed by atoms with Gasteiger partial charge in [-0.1, -0.05) is 37.7 Å². The van der Waals surface area contributed by atoms with Crippen LogP contribution in [0, 0.1) is 11.8 Å². The van der Waals surface area contributed by atoms with Crippen LogP contribution in [0.2, 0.25) is 0 Å². The Kier molecular flexibility index (Phi) is 8.90. The summed E-state index contributed by atoms with van der Waals surface area (Å²) in [6.45, 7) is 8.29. The van der Waals surface area contributed by atoms with E-state index in [-0.39, 0.29) is 23.8 Å². The Labute approximate surface area is 172 Å². The number of esters is 2. The summed E-state index contributed by atoms with van der Waals surface area (Å²) in [4.78, 5) is 26.3. The molecule has 0 saturated heterocycles. The second-order valence-electron chi connectivity index (χ2n) is 7.01. The summed E-state index contributed by atoms with van der Waals surface area (Å²) < 4.78 is 10.2. The molecule has 1 aliphatic heterocycles. The molecule has 0 fully saturated rings. The van der Waals surface area contributed by atoms with Gasteiger partial charge in [0.2, 0.25) is 0 Å². The van der Waals surface area contributed by atoms with Gasteiger partial charge in [-0.15, -0.1) is 0 Å². The molecule has 0 spiro atoms. The van der Waals surface area contributed by atoms with E-state index in [9.17, 15) is 9.59 Å². The standard InChI is InChI=1S/C22H31NO4S/c1-5-26-21(24)15(3)11-13-18-20(14-12-16(4)22(25)27-6-2)28-19-10-8-7-9-17(19)23-18/h7-10,15-16,23H,5-6,11-14H2,1-4H3. The first kappa shape index (κ1) is 22.3. The first-order chi connectivity index (χ1) is 13.5. The van der Waals surface area contributed by atoms with Crippen molar-refractivity contribution >= 4 is 29.4 Å². The van der Waals surface area contributed by atoms with E-state index in [1.807, 2.05) is 39.8 Å². The highest BCUT2D eigenvalue weighted by Crippen LogP contribution is 2.43. The second kappa shape index (κ2) is 11.1. The van der Waals surface area contributed by atoms with E-state index in [0.29, 0.717) is 13.2 Å². The largest absolute Gasteiger partial charge is 0.466 e. The van der Waals surface area contributed by atoms with Gasteiger partial charge in [-0.25, -0.2) is 0 Å². The Bertz CT molecular complexity index is 657. The monoisotopic (exact) mass is 405 g/mol. The molecule has 5 nitrogen and oxygen atoms in total. The van der Waals surface area contributed by atoms with Crippen molar-refractivity contribution in [2.75, 3.05) is 18.5 Å². The number of hydrogen-bond acceptors (Lipinski definition) is 6. The summed E-state index contributed by atoms with van der Waals surface area (Å²) in [5.74, 6) is -0.569. The summed E-state index contributed by atoms with van der Waals surface area (Å²) in [7, 11) is 0. The number of anilines is 1. The highest BCUT2D eigenvalue weighted by Gasteiger charge is 2.22. The lowest BCUT2D eigenvalue weighted by Gasteiger charge is -2.25. The molecule has 2 atom stereocenters. The number of carbonyl (C=O) groups excluding carboxylic acids is 2. The average Bonchev–Trinajstić information content (AvgIpc) is 2.70. The Morgan fingerprint density at radius 3 is 2.14 bits per heavy atom. The third kappa shape index (κ3) is 6.30. The zero-order valence-corrected chi connectivity index (χ0v) is 18.1. The fourth-order valence-electron chi connectivity index (χ4n) is 3.00. The van der Waals surface area contributed by atoms with Gasteiger partial charge in [-0.2, -0.15) is 0 Å². The molecule has 1 aromatic rings. The first-order valence-corrected chi connectivity index (χ1v) is 10.9. The molecule has 0 saturated carbocycles. The Hall–Kier alpha value is -1.95. The molecule has 0 radical (unpaired) electrons. The fourth-order valence-corrected chi connectivity index (χ4v) is 4.14. The molecule has 1 aromatic carbocycles. The molecule has 2 unspecified atom stereocenters. The predicted molar refractivity (Wildman–Crippen MR) is 113 cm³/mol. The number of fused-ring (bicyclic) bond motifs is 1. The summed E-state index contributed by atoms with van der Waals surface area (Å²) in [6, 6.07) is 8.20. The number of benzene rings is 1. The molecule has 0 bridgehead atoms. The van der Waals surface area contributed by atoms with Gasteiger partial charge < -0.3 is 14.8 Å². The second-order valence-corrected chi connectivity index (χ2v) is 8.15. The molecule has 0 amide bonds. The lowest BCUT2D eigenvalue weighted by molar-refractivity contribution is -0.148. The van der Waals surface area contributed by atoms with Crippen molar-refractivity contribution in [3.8, 4) is 0 Å². The Balaban J connectivity index is 2.07. The lowest BCUT2D eigenvalue weighted by Crippen LogP contribution is -2.17. The highest BCUT2D eigenvalue weighted by molar-refractivity contribution is 8.03. The molecular weight excluding hydrogens is 374 g/mol. The third-order valence-electron chi connectivity index (χ3n) is 4.75. The number of hydrogen-bond donors (Lipinski definition) is 1. The summed E-state index contributed by atoms with van der Waals surface area (Å²) in [5, 5.41) is 3.54. The predicted octanol–water partition coefficient (Wildman–Crippen LogP) is 5.37. The minimum Gasteiger partial charge on any atom is -0.466 e. The SMILES string of the molecule is CCOC(=O)C(C)CCC1=C(CCC(C)C(=O)OCC)Sc2ccccc2N1. The number of rotatable bonds is 10. The zero-order valence-electron chi connectivity index (χ0n) is 17.2. The van der Waals surface area contributed by atoms with Crippen LogP contribution in [0.1, 0.15) is 53.4 Å². The van der Waals surface area contributed by atoms with Gasteiger partial charge >= 0.3 is 11.9 Å². The van der Waals surface area contributed by atoms with Crippen molar-refractivity contribution in [1.82, 2.24) is 0 Å². The van der Waals surface area contributed by atoms with Crippen molar-refractivity contribution in [3.63, 3.8) is 0 Å². The molecule has 154 valence electrons. The molecular formula is C22H31NO4S. The van der Waals surface area contributed by atoms with Crippen LogP contribution in [0.25, 0.3) is 0 Å². The van der Waals surface area contributed by atoms with Crippen LogP contribution >= 0.6 is 11.8 Å². The smallest absolute Gasteiger partial charge is 0.308 e. The van der Waals surface area contributed by atoms with Crippen LogP contribution in [0.3, 0.4) is 0 Å². The van der Waals surface area contributed by atoms with Gasteiger partial charge in [0.25, 0.3) is 0 Å². The third-order valence-corrected chi connectivity index (χ3v) is 6.02. The van der Waals surface area contributed by atoms with Crippen LogP contribution in [0.5, 0.6) is 0 Å². The molecule has 0 aliphatic carbocycles. The summed E-state index contributed by atoms with van der Waals surface area (Å²) >= 11 is 1.75.